The molecule has 42 heavy (non-hydrogen) atoms. The zero-order valence-corrected chi connectivity index (χ0v) is 25.1. The van der Waals surface area contributed by atoms with Gasteiger partial charge in [-0.1, -0.05) is 102 Å². The van der Waals surface area contributed by atoms with Crippen LogP contribution in [0, 0.1) is 0 Å². The number of carbonyl (C=O) groups is 1. The van der Waals surface area contributed by atoms with Gasteiger partial charge >= 0.3 is 5.97 Å². The van der Waals surface area contributed by atoms with E-state index in [0.717, 1.165) is 53.4 Å². The average Bonchev–Trinajstić information content (AvgIpc) is 3.68. The molecule has 218 valence electrons. The molecule has 4 heterocycles. The van der Waals surface area contributed by atoms with Gasteiger partial charge in [0.25, 0.3) is 0 Å². The summed E-state index contributed by atoms with van der Waals surface area (Å²) in [5.74, 6) is -0.291. The van der Waals surface area contributed by atoms with Gasteiger partial charge in [0.05, 0.1) is 5.56 Å². The largest absolute Gasteiger partial charge is 0.440 e. The smallest absolute Gasteiger partial charge is 0.340 e. The van der Waals surface area contributed by atoms with Gasteiger partial charge in [0.15, 0.2) is 5.60 Å². The molecule has 0 spiro atoms. The number of ether oxygens (including phenoxy) is 1. The van der Waals surface area contributed by atoms with E-state index in [0.29, 0.717) is 5.56 Å². The van der Waals surface area contributed by atoms with Crippen molar-refractivity contribution < 1.29 is 9.53 Å². The van der Waals surface area contributed by atoms with Gasteiger partial charge < -0.3 is 13.9 Å². The van der Waals surface area contributed by atoms with Crippen LogP contribution in [0.4, 0.5) is 0 Å². The van der Waals surface area contributed by atoms with Gasteiger partial charge in [0.1, 0.15) is 0 Å². The number of hydrogen-bond donors (Lipinski definition) is 0. The van der Waals surface area contributed by atoms with E-state index in [1.54, 1.807) is 12.3 Å². The van der Waals surface area contributed by atoms with Crippen molar-refractivity contribution in [2.24, 2.45) is 0 Å². The molecule has 5 heteroatoms. The number of para-hydroxylation sites is 2. The summed E-state index contributed by atoms with van der Waals surface area (Å²) in [4.78, 5) is 18.1. The van der Waals surface area contributed by atoms with Gasteiger partial charge in [-0.2, -0.15) is 0 Å². The number of aryl methyl sites for hydroxylation is 2. The van der Waals surface area contributed by atoms with Crippen LogP contribution in [0.3, 0.4) is 0 Å². The number of nitrogens with zero attached hydrogens (tertiary/aromatic N) is 3. The summed E-state index contributed by atoms with van der Waals surface area (Å²) >= 11 is 0. The first kappa shape index (κ1) is 28.3. The monoisotopic (exact) mass is 561 g/mol. The number of fused-ring (bicyclic) bond motifs is 3. The van der Waals surface area contributed by atoms with Gasteiger partial charge in [0.2, 0.25) is 0 Å². The molecule has 3 aromatic heterocycles. The zero-order valence-electron chi connectivity index (χ0n) is 25.1. The molecule has 0 saturated carbocycles. The number of esters is 1. The number of rotatable bonds is 14. The zero-order chi connectivity index (χ0) is 28.9. The van der Waals surface area contributed by atoms with Crippen LogP contribution < -0.4 is 0 Å². The Bertz CT molecular complexity index is 1590. The van der Waals surface area contributed by atoms with Gasteiger partial charge in [-0.05, 0) is 31.0 Å². The molecule has 0 fully saturated rings. The SMILES string of the molecule is CCCCCCCn1cc(C2(c3cn(CCCCCCC)c4ccccc34)OC(=O)c3ccncc32)c2ccccc21. The van der Waals surface area contributed by atoms with Crippen LogP contribution in [0.5, 0.6) is 0 Å². The lowest BCUT2D eigenvalue weighted by Crippen LogP contribution is -2.29. The maximum atomic E-state index is 13.6. The third-order valence-corrected chi connectivity index (χ3v) is 9.01. The Balaban J connectivity index is 1.51. The predicted molar refractivity (Wildman–Crippen MR) is 171 cm³/mol. The van der Waals surface area contributed by atoms with Crippen LogP contribution >= 0.6 is 0 Å². The van der Waals surface area contributed by atoms with Gasteiger partial charge in [-0.3, -0.25) is 4.98 Å². The van der Waals surface area contributed by atoms with Gasteiger partial charge in [-0.25, -0.2) is 4.79 Å². The van der Waals surface area contributed by atoms with Crippen molar-refractivity contribution >= 4 is 27.8 Å². The topological polar surface area (TPSA) is 49.0 Å². The molecule has 0 unspecified atom stereocenters. The highest BCUT2D eigenvalue weighted by Crippen LogP contribution is 2.51. The Morgan fingerprint density at radius 2 is 1.19 bits per heavy atom. The number of hydrogen-bond acceptors (Lipinski definition) is 3. The molecule has 2 aromatic carbocycles. The lowest BCUT2D eigenvalue weighted by Gasteiger charge is -2.29. The molecular weight excluding hydrogens is 518 g/mol. The molecule has 0 radical (unpaired) electrons. The maximum Gasteiger partial charge on any atom is 0.340 e. The van der Waals surface area contributed by atoms with Gasteiger partial charge in [-0.15, -0.1) is 0 Å². The first-order valence-electron chi connectivity index (χ1n) is 16.0. The highest BCUT2D eigenvalue weighted by atomic mass is 16.6. The highest BCUT2D eigenvalue weighted by molar-refractivity contribution is 6.00. The van der Waals surface area contributed by atoms with E-state index < -0.39 is 5.60 Å². The summed E-state index contributed by atoms with van der Waals surface area (Å²) in [5, 5.41) is 2.24. The molecule has 0 amide bonds. The molecule has 1 aliphatic heterocycles. The fourth-order valence-electron chi connectivity index (χ4n) is 6.84. The minimum absolute atomic E-state index is 0.291. The van der Waals surface area contributed by atoms with Crippen molar-refractivity contribution in [2.75, 3.05) is 0 Å². The highest BCUT2D eigenvalue weighted by Gasteiger charge is 2.51. The van der Waals surface area contributed by atoms with Crippen molar-refractivity contribution in [1.82, 2.24) is 14.1 Å². The Labute approximate surface area is 249 Å². The minimum atomic E-state index is -1.08. The summed E-state index contributed by atoms with van der Waals surface area (Å²) in [7, 11) is 0. The van der Waals surface area contributed by atoms with E-state index in [1.165, 1.54) is 62.4 Å². The number of unbranched alkanes of at least 4 members (excludes halogenated alkanes) is 8. The molecule has 0 aliphatic carbocycles. The van der Waals surface area contributed by atoms with Crippen LogP contribution in [0.2, 0.25) is 0 Å². The predicted octanol–water partition coefficient (Wildman–Crippen LogP) is 9.39. The fourth-order valence-corrected chi connectivity index (χ4v) is 6.84. The Kier molecular flexibility index (Phi) is 8.46. The van der Waals surface area contributed by atoms with Crippen LogP contribution in [0.15, 0.2) is 79.4 Å². The second kappa shape index (κ2) is 12.6. The molecule has 6 rings (SSSR count). The molecule has 5 aromatic rings. The van der Waals surface area contributed by atoms with Gasteiger partial charge in [0, 0.05) is 76.4 Å². The van der Waals surface area contributed by atoms with E-state index in [9.17, 15) is 4.79 Å². The molecule has 0 N–H and O–H groups in total. The second-order valence-corrected chi connectivity index (χ2v) is 11.8. The van der Waals surface area contributed by atoms with E-state index in [1.807, 2.05) is 6.20 Å². The van der Waals surface area contributed by atoms with E-state index in [2.05, 4.69) is 88.9 Å². The third kappa shape index (κ3) is 5.04. The first-order valence-corrected chi connectivity index (χ1v) is 16.0. The fraction of sp³-hybridized carbons (Fsp3) is 0.405. The summed E-state index contributed by atoms with van der Waals surface area (Å²) in [6.45, 7) is 6.38. The number of cyclic esters (lactones) is 1. The summed E-state index contributed by atoms with van der Waals surface area (Å²) in [5.41, 5.74) is 4.71. The summed E-state index contributed by atoms with van der Waals surface area (Å²) in [6, 6.07) is 18.9. The lowest BCUT2D eigenvalue weighted by atomic mass is 9.80. The van der Waals surface area contributed by atoms with Crippen molar-refractivity contribution in [1.29, 1.82) is 0 Å². The second-order valence-electron chi connectivity index (χ2n) is 11.8. The Hall–Kier alpha value is -3.86. The van der Waals surface area contributed by atoms with Crippen LogP contribution in [0.25, 0.3) is 21.8 Å². The minimum Gasteiger partial charge on any atom is -0.440 e. The number of carbonyl (C=O) groups excluding carboxylic acids is 1. The lowest BCUT2D eigenvalue weighted by molar-refractivity contribution is 0.0258. The summed E-state index contributed by atoms with van der Waals surface area (Å²) in [6.07, 6.45) is 20.3. The van der Waals surface area contributed by atoms with Crippen molar-refractivity contribution in [3.8, 4) is 0 Å². The first-order chi connectivity index (χ1) is 20.7. The molecule has 0 saturated heterocycles. The number of aromatic nitrogens is 3. The standard InChI is InChI=1S/C37H43N3O2/c1-3-5-7-9-15-23-39-26-32(28-17-11-13-19-34(28)39)37(31-25-38-22-21-30(31)36(41)42-37)33-27-40(24-16-10-8-6-4-2)35-20-14-12-18-29(33)35/h11-14,17-22,25-27H,3-10,15-16,23-24H2,1-2H3. The molecule has 5 nitrogen and oxygen atoms in total. The van der Waals surface area contributed by atoms with Crippen LogP contribution in [0.1, 0.15) is 105 Å². The van der Waals surface area contributed by atoms with Crippen molar-refractivity contribution in [2.45, 2.75) is 96.7 Å². The molecule has 0 atom stereocenters. The van der Waals surface area contributed by atoms with Crippen molar-refractivity contribution in [3.63, 3.8) is 0 Å². The van der Waals surface area contributed by atoms with Crippen molar-refractivity contribution in [3.05, 3.63) is 102 Å². The van der Waals surface area contributed by atoms with E-state index in [4.69, 9.17) is 4.74 Å². The number of pyridine rings is 1. The maximum absolute atomic E-state index is 13.6. The normalized spacial score (nSPS) is 14.1. The Morgan fingerprint density at radius 3 is 1.74 bits per heavy atom. The number of benzene rings is 2. The Morgan fingerprint density at radius 1 is 0.667 bits per heavy atom. The molecule has 0 bridgehead atoms. The van der Waals surface area contributed by atoms with E-state index >= 15 is 0 Å². The van der Waals surface area contributed by atoms with Crippen LogP contribution in [-0.2, 0) is 23.4 Å². The summed E-state index contributed by atoms with van der Waals surface area (Å²) < 4.78 is 11.4. The van der Waals surface area contributed by atoms with E-state index in [-0.39, 0.29) is 5.97 Å². The van der Waals surface area contributed by atoms with Crippen LogP contribution in [-0.4, -0.2) is 20.1 Å². The third-order valence-electron chi connectivity index (χ3n) is 9.01. The quantitative estimate of drug-likeness (QED) is 0.100. The average molecular weight is 562 g/mol. The molecule has 1 aliphatic rings. The molecular formula is C37H43N3O2.